The molecule has 1 saturated carbocycles. The van der Waals surface area contributed by atoms with Gasteiger partial charge in [0.15, 0.2) is 0 Å². The van der Waals surface area contributed by atoms with Crippen molar-refractivity contribution in [2.24, 2.45) is 5.92 Å². The molecule has 0 amide bonds. The van der Waals surface area contributed by atoms with Gasteiger partial charge in [0.25, 0.3) is 0 Å². The first-order valence-corrected chi connectivity index (χ1v) is 7.01. The summed E-state index contributed by atoms with van der Waals surface area (Å²) in [6.45, 7) is 7.82. The van der Waals surface area contributed by atoms with E-state index in [1.54, 1.807) is 0 Å². The molecule has 0 saturated heterocycles. The number of nitrogens with zero attached hydrogens (tertiary/aromatic N) is 4. The fourth-order valence-electron chi connectivity index (χ4n) is 1.91. The van der Waals surface area contributed by atoms with Crippen LogP contribution >= 0.6 is 0 Å². The maximum atomic E-state index is 5.74. The Kier molecular flexibility index (Phi) is 4.39. The Balaban J connectivity index is 2.15. The van der Waals surface area contributed by atoms with Gasteiger partial charge in [-0.25, -0.2) is 0 Å². The lowest BCUT2D eigenvalue weighted by Gasteiger charge is -2.23. The van der Waals surface area contributed by atoms with Gasteiger partial charge in [-0.05, 0) is 32.1 Å². The predicted octanol–water partition coefficient (Wildman–Crippen LogP) is 1.87. The quantitative estimate of drug-likeness (QED) is 0.811. The van der Waals surface area contributed by atoms with Gasteiger partial charge in [0, 0.05) is 12.6 Å². The first-order valence-electron chi connectivity index (χ1n) is 7.01. The van der Waals surface area contributed by atoms with Gasteiger partial charge in [0.05, 0.1) is 6.61 Å². The summed E-state index contributed by atoms with van der Waals surface area (Å²) in [6.07, 6.45) is 3.52. The zero-order chi connectivity index (χ0) is 13.8. The molecule has 0 atom stereocenters. The molecule has 1 aliphatic rings. The van der Waals surface area contributed by atoms with E-state index in [-0.39, 0.29) is 5.95 Å². The van der Waals surface area contributed by atoms with Gasteiger partial charge in [-0.15, -0.1) is 0 Å². The molecule has 2 rings (SSSR count). The Morgan fingerprint density at radius 1 is 1.32 bits per heavy atom. The highest BCUT2D eigenvalue weighted by Crippen LogP contribution is 2.31. The van der Waals surface area contributed by atoms with E-state index in [1.165, 1.54) is 12.8 Å². The van der Waals surface area contributed by atoms with Crippen LogP contribution in [0.2, 0.25) is 0 Å². The second kappa shape index (κ2) is 6.04. The van der Waals surface area contributed by atoms with Crippen molar-refractivity contribution >= 4 is 11.9 Å². The summed E-state index contributed by atoms with van der Waals surface area (Å²) < 4.78 is 5.33. The SMILES string of the molecule is CCOc1nc(N)nc(N(CCC(C)C)C2CC2)n1. The van der Waals surface area contributed by atoms with Crippen molar-refractivity contribution in [3.8, 4) is 6.01 Å². The van der Waals surface area contributed by atoms with E-state index in [0.717, 1.165) is 13.0 Å². The number of hydrogen-bond acceptors (Lipinski definition) is 6. The molecule has 1 aromatic heterocycles. The van der Waals surface area contributed by atoms with Crippen molar-refractivity contribution in [3.05, 3.63) is 0 Å². The third kappa shape index (κ3) is 3.94. The minimum absolute atomic E-state index is 0.226. The van der Waals surface area contributed by atoms with Crippen LogP contribution in [0, 0.1) is 5.92 Å². The lowest BCUT2D eigenvalue weighted by Crippen LogP contribution is -2.30. The molecule has 0 unspecified atom stereocenters. The first kappa shape index (κ1) is 13.8. The zero-order valence-corrected chi connectivity index (χ0v) is 12.0. The average molecular weight is 265 g/mol. The molecule has 0 spiro atoms. The fraction of sp³-hybridized carbons (Fsp3) is 0.769. The van der Waals surface area contributed by atoms with E-state index in [4.69, 9.17) is 10.5 Å². The number of ether oxygens (including phenoxy) is 1. The maximum Gasteiger partial charge on any atom is 0.323 e. The van der Waals surface area contributed by atoms with Gasteiger partial charge in [-0.3, -0.25) is 0 Å². The van der Waals surface area contributed by atoms with E-state index >= 15 is 0 Å². The summed E-state index contributed by atoms with van der Waals surface area (Å²) in [7, 11) is 0. The Hall–Kier alpha value is -1.59. The number of hydrogen-bond donors (Lipinski definition) is 1. The van der Waals surface area contributed by atoms with Crippen molar-refractivity contribution in [1.29, 1.82) is 0 Å². The molecule has 1 heterocycles. The molecule has 0 aromatic carbocycles. The monoisotopic (exact) mass is 265 g/mol. The molecule has 0 radical (unpaired) electrons. The second-order valence-electron chi connectivity index (χ2n) is 5.32. The zero-order valence-electron chi connectivity index (χ0n) is 12.0. The molecule has 1 aliphatic carbocycles. The summed E-state index contributed by atoms with van der Waals surface area (Å²) in [4.78, 5) is 14.8. The van der Waals surface area contributed by atoms with Crippen molar-refractivity contribution in [2.45, 2.75) is 46.1 Å². The first-order chi connectivity index (χ1) is 9.10. The van der Waals surface area contributed by atoms with Crippen LogP contribution in [-0.2, 0) is 0 Å². The topological polar surface area (TPSA) is 77.2 Å². The standard InChI is InChI=1S/C13H23N5O/c1-4-19-13-16-11(14)15-12(17-13)18(10-5-6-10)8-7-9(2)3/h9-10H,4-8H2,1-3H3,(H2,14,15,16,17). The van der Waals surface area contributed by atoms with Crippen LogP contribution < -0.4 is 15.4 Å². The largest absolute Gasteiger partial charge is 0.464 e. The number of nitrogens with two attached hydrogens (primary N) is 1. The summed E-state index contributed by atoms with van der Waals surface area (Å²) in [5, 5.41) is 0. The average Bonchev–Trinajstić information content (AvgIpc) is 3.13. The van der Waals surface area contributed by atoms with Gasteiger partial charge in [-0.2, -0.15) is 15.0 Å². The molecule has 1 aromatic rings. The van der Waals surface area contributed by atoms with Crippen LogP contribution in [-0.4, -0.2) is 34.1 Å². The normalized spacial score (nSPS) is 14.7. The van der Waals surface area contributed by atoms with Crippen LogP contribution in [0.5, 0.6) is 6.01 Å². The number of rotatable bonds is 7. The van der Waals surface area contributed by atoms with E-state index in [2.05, 4.69) is 33.7 Å². The van der Waals surface area contributed by atoms with Crippen LogP contribution in [0.3, 0.4) is 0 Å². The van der Waals surface area contributed by atoms with E-state index < -0.39 is 0 Å². The fourth-order valence-corrected chi connectivity index (χ4v) is 1.91. The number of anilines is 2. The van der Waals surface area contributed by atoms with Crippen molar-refractivity contribution in [2.75, 3.05) is 23.8 Å². The van der Waals surface area contributed by atoms with E-state index in [1.807, 2.05) is 6.92 Å². The highest BCUT2D eigenvalue weighted by Gasteiger charge is 2.31. The highest BCUT2D eigenvalue weighted by molar-refractivity contribution is 5.38. The van der Waals surface area contributed by atoms with Crippen LogP contribution in [0.15, 0.2) is 0 Å². The Bertz CT molecular complexity index is 419. The van der Waals surface area contributed by atoms with Gasteiger partial charge >= 0.3 is 6.01 Å². The molecular formula is C13H23N5O. The summed E-state index contributed by atoms with van der Waals surface area (Å²) in [5.41, 5.74) is 5.74. The molecule has 6 heteroatoms. The van der Waals surface area contributed by atoms with Crippen molar-refractivity contribution < 1.29 is 4.74 Å². The molecule has 106 valence electrons. The maximum absolute atomic E-state index is 5.74. The van der Waals surface area contributed by atoms with E-state index in [9.17, 15) is 0 Å². The number of aromatic nitrogens is 3. The lowest BCUT2D eigenvalue weighted by atomic mass is 10.1. The van der Waals surface area contributed by atoms with Crippen molar-refractivity contribution in [1.82, 2.24) is 15.0 Å². The lowest BCUT2D eigenvalue weighted by molar-refractivity contribution is 0.312. The second-order valence-corrected chi connectivity index (χ2v) is 5.32. The molecule has 0 bridgehead atoms. The molecule has 6 nitrogen and oxygen atoms in total. The van der Waals surface area contributed by atoms with Gasteiger partial charge in [0.2, 0.25) is 11.9 Å². The molecular weight excluding hydrogens is 242 g/mol. The smallest absolute Gasteiger partial charge is 0.323 e. The molecule has 1 fully saturated rings. The van der Waals surface area contributed by atoms with Gasteiger partial charge in [0.1, 0.15) is 0 Å². The van der Waals surface area contributed by atoms with Crippen LogP contribution in [0.4, 0.5) is 11.9 Å². The Morgan fingerprint density at radius 2 is 2.05 bits per heavy atom. The van der Waals surface area contributed by atoms with Crippen LogP contribution in [0.25, 0.3) is 0 Å². The third-order valence-corrected chi connectivity index (χ3v) is 3.09. The minimum atomic E-state index is 0.226. The highest BCUT2D eigenvalue weighted by atomic mass is 16.5. The predicted molar refractivity (Wildman–Crippen MR) is 75.2 cm³/mol. The summed E-state index contributed by atoms with van der Waals surface area (Å²) >= 11 is 0. The third-order valence-electron chi connectivity index (χ3n) is 3.09. The van der Waals surface area contributed by atoms with Gasteiger partial charge in [-0.1, -0.05) is 13.8 Å². The number of nitrogen functional groups attached to an aromatic ring is 1. The van der Waals surface area contributed by atoms with Crippen molar-refractivity contribution in [3.63, 3.8) is 0 Å². The van der Waals surface area contributed by atoms with Crippen LogP contribution in [0.1, 0.15) is 40.0 Å². The minimum Gasteiger partial charge on any atom is -0.464 e. The Labute approximate surface area is 114 Å². The summed E-state index contributed by atoms with van der Waals surface area (Å²) in [6, 6.07) is 0.871. The molecule has 0 aliphatic heterocycles. The molecule has 2 N–H and O–H groups in total. The Morgan fingerprint density at radius 3 is 2.63 bits per heavy atom. The summed E-state index contributed by atoms with van der Waals surface area (Å²) in [5.74, 6) is 1.54. The van der Waals surface area contributed by atoms with E-state index in [0.29, 0.717) is 30.5 Å². The van der Waals surface area contributed by atoms with Gasteiger partial charge < -0.3 is 15.4 Å². The molecule has 19 heavy (non-hydrogen) atoms.